The van der Waals surface area contributed by atoms with Crippen LogP contribution < -0.4 is 10.5 Å². The minimum absolute atomic E-state index is 0.0427. The lowest BCUT2D eigenvalue weighted by molar-refractivity contribution is 0.261. The first-order chi connectivity index (χ1) is 6.94. The molecule has 0 saturated heterocycles. The van der Waals surface area contributed by atoms with Crippen molar-refractivity contribution in [3.8, 4) is 5.75 Å². The van der Waals surface area contributed by atoms with Crippen molar-refractivity contribution in [2.45, 2.75) is 33.2 Å². The van der Waals surface area contributed by atoms with Gasteiger partial charge in [0.1, 0.15) is 0 Å². The van der Waals surface area contributed by atoms with Crippen LogP contribution in [0.15, 0.2) is 6.20 Å². The van der Waals surface area contributed by atoms with E-state index in [1.165, 1.54) is 0 Å². The summed E-state index contributed by atoms with van der Waals surface area (Å²) < 4.78 is 7.06. The van der Waals surface area contributed by atoms with Crippen molar-refractivity contribution in [1.82, 2.24) is 9.78 Å². The summed E-state index contributed by atoms with van der Waals surface area (Å²) >= 11 is 0. The minimum Gasteiger partial charge on any atom is -0.493 e. The first-order valence-electron chi connectivity index (χ1n) is 5.25. The zero-order chi connectivity index (χ0) is 11.6. The number of rotatable bonds is 4. The van der Waals surface area contributed by atoms with E-state index in [0.29, 0.717) is 0 Å². The summed E-state index contributed by atoms with van der Waals surface area (Å²) in [6, 6.07) is -0.0649. The number of nitrogens with two attached hydrogens (primary N) is 1. The van der Waals surface area contributed by atoms with Gasteiger partial charge in [0.2, 0.25) is 0 Å². The van der Waals surface area contributed by atoms with Gasteiger partial charge in [-0.2, -0.15) is 5.10 Å². The van der Waals surface area contributed by atoms with Crippen molar-refractivity contribution >= 4 is 0 Å². The lowest BCUT2D eigenvalue weighted by Gasteiger charge is -2.30. The van der Waals surface area contributed by atoms with E-state index in [9.17, 15) is 0 Å². The highest BCUT2D eigenvalue weighted by Gasteiger charge is 2.30. The molecule has 0 aliphatic heterocycles. The smallest absolute Gasteiger partial charge is 0.161 e. The molecular formula is C11H21N3O. The van der Waals surface area contributed by atoms with Crippen LogP contribution in [-0.2, 0) is 7.05 Å². The number of aryl methyl sites for hydroxylation is 1. The predicted molar refractivity (Wildman–Crippen MR) is 60.8 cm³/mol. The molecule has 1 heterocycles. The minimum atomic E-state index is -0.0649. The van der Waals surface area contributed by atoms with Crippen LogP contribution in [0.2, 0.25) is 0 Å². The molecule has 4 nitrogen and oxygen atoms in total. The van der Waals surface area contributed by atoms with E-state index in [1.807, 2.05) is 7.05 Å². The van der Waals surface area contributed by atoms with Crippen LogP contribution in [0.1, 0.15) is 38.9 Å². The molecule has 0 radical (unpaired) electrons. The summed E-state index contributed by atoms with van der Waals surface area (Å²) in [5.74, 6) is 0.770. The number of hydrogen-bond acceptors (Lipinski definition) is 3. The molecule has 15 heavy (non-hydrogen) atoms. The fraction of sp³-hybridized carbons (Fsp3) is 0.727. The third-order valence-electron chi connectivity index (χ3n) is 3.22. The number of methoxy groups -OCH3 is 1. The summed E-state index contributed by atoms with van der Waals surface area (Å²) in [4.78, 5) is 0. The molecule has 1 unspecified atom stereocenters. The summed E-state index contributed by atoms with van der Waals surface area (Å²) in [7, 11) is 3.54. The molecular weight excluding hydrogens is 190 g/mol. The Bertz CT molecular complexity index is 331. The molecule has 86 valence electrons. The van der Waals surface area contributed by atoms with Crippen LogP contribution in [-0.4, -0.2) is 16.9 Å². The molecule has 4 heteroatoms. The predicted octanol–water partition coefficient (Wildman–Crippen LogP) is 1.86. The summed E-state index contributed by atoms with van der Waals surface area (Å²) in [6.45, 7) is 6.46. The maximum atomic E-state index is 6.26. The zero-order valence-corrected chi connectivity index (χ0v) is 10.2. The van der Waals surface area contributed by atoms with Gasteiger partial charge in [-0.1, -0.05) is 20.8 Å². The lowest BCUT2D eigenvalue weighted by Crippen LogP contribution is -2.30. The van der Waals surface area contributed by atoms with Crippen LogP contribution in [0.4, 0.5) is 0 Å². The first-order valence-corrected chi connectivity index (χ1v) is 5.25. The van der Waals surface area contributed by atoms with E-state index >= 15 is 0 Å². The molecule has 0 aliphatic rings. The summed E-state index contributed by atoms with van der Waals surface area (Å²) in [6.07, 6.45) is 2.73. The molecule has 1 aromatic rings. The van der Waals surface area contributed by atoms with Gasteiger partial charge >= 0.3 is 0 Å². The molecule has 0 spiro atoms. The van der Waals surface area contributed by atoms with Gasteiger partial charge in [0.25, 0.3) is 0 Å². The van der Waals surface area contributed by atoms with Crippen molar-refractivity contribution in [3.63, 3.8) is 0 Å². The Labute approximate surface area is 91.4 Å². The van der Waals surface area contributed by atoms with Gasteiger partial charge < -0.3 is 10.5 Å². The lowest BCUT2D eigenvalue weighted by atomic mass is 9.80. The molecule has 0 saturated carbocycles. The van der Waals surface area contributed by atoms with E-state index in [4.69, 9.17) is 10.5 Å². The van der Waals surface area contributed by atoms with Gasteiger partial charge in [-0.05, 0) is 11.8 Å². The maximum Gasteiger partial charge on any atom is 0.161 e. The largest absolute Gasteiger partial charge is 0.493 e. The van der Waals surface area contributed by atoms with Gasteiger partial charge in [0.05, 0.1) is 25.0 Å². The van der Waals surface area contributed by atoms with Crippen molar-refractivity contribution < 1.29 is 4.74 Å². The third kappa shape index (κ3) is 2.15. The van der Waals surface area contributed by atoms with Gasteiger partial charge in [-0.15, -0.1) is 0 Å². The number of nitrogens with zero attached hydrogens (tertiary/aromatic N) is 2. The second-order valence-electron chi connectivity index (χ2n) is 4.54. The molecule has 0 aromatic carbocycles. The highest BCUT2D eigenvalue weighted by Crippen LogP contribution is 2.37. The van der Waals surface area contributed by atoms with Crippen molar-refractivity contribution in [2.75, 3.05) is 7.11 Å². The zero-order valence-electron chi connectivity index (χ0n) is 10.2. The van der Waals surface area contributed by atoms with Crippen LogP contribution in [0, 0.1) is 5.41 Å². The molecule has 1 atom stereocenters. The Hall–Kier alpha value is -1.03. The Morgan fingerprint density at radius 1 is 1.60 bits per heavy atom. The maximum absolute atomic E-state index is 6.26. The topological polar surface area (TPSA) is 53.1 Å². The van der Waals surface area contributed by atoms with Crippen LogP contribution in [0.25, 0.3) is 0 Å². The average Bonchev–Trinajstić information content (AvgIpc) is 2.58. The summed E-state index contributed by atoms with van der Waals surface area (Å²) in [5.41, 5.74) is 7.27. The average molecular weight is 211 g/mol. The Kier molecular flexibility index (Phi) is 3.39. The number of aromatic nitrogens is 2. The second kappa shape index (κ2) is 4.23. The van der Waals surface area contributed by atoms with E-state index in [1.54, 1.807) is 18.0 Å². The fourth-order valence-electron chi connectivity index (χ4n) is 1.53. The molecule has 0 amide bonds. The summed E-state index contributed by atoms with van der Waals surface area (Å²) in [5, 5.41) is 4.17. The van der Waals surface area contributed by atoms with Crippen molar-refractivity contribution in [3.05, 3.63) is 11.9 Å². The van der Waals surface area contributed by atoms with Gasteiger partial charge in [0.15, 0.2) is 5.75 Å². The van der Waals surface area contributed by atoms with E-state index in [-0.39, 0.29) is 11.5 Å². The fourth-order valence-corrected chi connectivity index (χ4v) is 1.53. The molecule has 0 bridgehead atoms. The Morgan fingerprint density at radius 3 is 2.67 bits per heavy atom. The quantitative estimate of drug-likeness (QED) is 0.827. The first kappa shape index (κ1) is 12.0. The van der Waals surface area contributed by atoms with Gasteiger partial charge in [0, 0.05) is 7.05 Å². The second-order valence-corrected chi connectivity index (χ2v) is 4.54. The van der Waals surface area contributed by atoms with Crippen molar-refractivity contribution in [1.29, 1.82) is 0 Å². The van der Waals surface area contributed by atoms with Gasteiger partial charge in [-0.3, -0.25) is 4.68 Å². The molecule has 1 aromatic heterocycles. The Morgan fingerprint density at radius 2 is 2.20 bits per heavy atom. The molecule has 2 N–H and O–H groups in total. The molecule has 0 fully saturated rings. The standard InChI is InChI=1S/C11H21N3O/c1-6-11(2,3)10(12)9-8(15-5)7-13-14(9)4/h7,10H,6,12H2,1-5H3. The van der Waals surface area contributed by atoms with E-state index < -0.39 is 0 Å². The number of ether oxygens (including phenoxy) is 1. The number of hydrogen-bond donors (Lipinski definition) is 1. The van der Waals surface area contributed by atoms with Crippen molar-refractivity contribution in [2.24, 2.45) is 18.2 Å². The molecule has 0 aliphatic carbocycles. The monoisotopic (exact) mass is 211 g/mol. The Balaban J connectivity index is 3.09. The van der Waals surface area contributed by atoms with Crippen LogP contribution in [0.3, 0.4) is 0 Å². The van der Waals surface area contributed by atoms with Crippen LogP contribution in [0.5, 0.6) is 5.75 Å². The third-order valence-corrected chi connectivity index (χ3v) is 3.22. The normalized spacial score (nSPS) is 14.0. The van der Waals surface area contributed by atoms with E-state index in [0.717, 1.165) is 17.9 Å². The SMILES string of the molecule is CCC(C)(C)C(N)c1c(OC)cnn1C. The van der Waals surface area contributed by atoms with Gasteiger partial charge in [-0.25, -0.2) is 0 Å². The highest BCUT2D eigenvalue weighted by molar-refractivity contribution is 5.29. The van der Waals surface area contributed by atoms with Crippen LogP contribution >= 0.6 is 0 Å². The van der Waals surface area contributed by atoms with E-state index in [2.05, 4.69) is 25.9 Å². The molecule has 1 rings (SSSR count). The highest BCUT2D eigenvalue weighted by atomic mass is 16.5.